The molecule has 5 heteroatoms. The van der Waals surface area contributed by atoms with Crippen LogP contribution in [0.1, 0.15) is 44.3 Å². The van der Waals surface area contributed by atoms with Crippen LogP contribution in [0.3, 0.4) is 0 Å². The first-order valence-corrected chi connectivity index (χ1v) is 10.1. The third-order valence-corrected chi connectivity index (χ3v) is 5.80. The third-order valence-electron chi connectivity index (χ3n) is 5.80. The van der Waals surface area contributed by atoms with Gasteiger partial charge in [0.2, 0.25) is 0 Å². The molecule has 0 radical (unpaired) electrons. The molecule has 28 heavy (non-hydrogen) atoms. The second-order valence-electron chi connectivity index (χ2n) is 7.52. The van der Waals surface area contributed by atoms with E-state index in [0.29, 0.717) is 6.04 Å². The molecular formula is C23H23FN4. The van der Waals surface area contributed by atoms with Gasteiger partial charge in [-0.05, 0) is 55.7 Å². The van der Waals surface area contributed by atoms with Gasteiger partial charge in [-0.3, -0.25) is 4.68 Å². The first-order valence-electron chi connectivity index (χ1n) is 10.1. The number of nitrogens with zero attached hydrogens (tertiary/aromatic N) is 4. The van der Waals surface area contributed by atoms with Crippen LogP contribution in [0.25, 0.3) is 27.8 Å². The normalized spacial score (nSPS) is 14.9. The van der Waals surface area contributed by atoms with Crippen molar-refractivity contribution >= 4 is 10.9 Å². The summed E-state index contributed by atoms with van der Waals surface area (Å²) in [7, 11) is 0. The van der Waals surface area contributed by atoms with Crippen LogP contribution in [0.4, 0.5) is 4.39 Å². The number of hydrogen-bond acceptors (Lipinski definition) is 2. The fraction of sp³-hybridized carbons (Fsp3) is 0.304. The largest absolute Gasteiger partial charge is 0.262 e. The number of rotatable bonds is 4. The summed E-state index contributed by atoms with van der Waals surface area (Å²) >= 11 is 0. The van der Waals surface area contributed by atoms with Crippen LogP contribution in [-0.2, 0) is 6.42 Å². The summed E-state index contributed by atoms with van der Waals surface area (Å²) in [4.78, 5) is 0. The van der Waals surface area contributed by atoms with E-state index in [9.17, 15) is 4.39 Å². The second-order valence-corrected chi connectivity index (χ2v) is 7.52. The van der Waals surface area contributed by atoms with E-state index in [-0.39, 0.29) is 5.82 Å². The second kappa shape index (κ2) is 6.89. The maximum absolute atomic E-state index is 13.3. The lowest BCUT2D eigenvalue weighted by Crippen LogP contribution is -2.06. The van der Waals surface area contributed by atoms with Crippen molar-refractivity contribution in [1.82, 2.24) is 19.6 Å². The van der Waals surface area contributed by atoms with Crippen LogP contribution in [0.5, 0.6) is 0 Å². The van der Waals surface area contributed by atoms with Crippen LogP contribution in [0, 0.1) is 5.82 Å². The molecular weight excluding hydrogens is 351 g/mol. The van der Waals surface area contributed by atoms with Crippen molar-refractivity contribution in [3.05, 3.63) is 66.2 Å². The minimum atomic E-state index is -0.244. The summed E-state index contributed by atoms with van der Waals surface area (Å²) in [5.41, 5.74) is 5.30. The average molecular weight is 374 g/mol. The van der Waals surface area contributed by atoms with Gasteiger partial charge in [-0.25, -0.2) is 9.07 Å². The summed E-state index contributed by atoms with van der Waals surface area (Å²) in [5, 5.41) is 10.7. The van der Waals surface area contributed by atoms with Crippen LogP contribution in [-0.4, -0.2) is 19.6 Å². The van der Waals surface area contributed by atoms with E-state index in [0.717, 1.165) is 23.4 Å². The lowest BCUT2D eigenvalue weighted by atomic mass is 10.1. The Bertz CT molecular complexity index is 1120. The van der Waals surface area contributed by atoms with Gasteiger partial charge in [0.1, 0.15) is 5.82 Å². The van der Waals surface area contributed by atoms with Gasteiger partial charge in [-0.2, -0.15) is 10.2 Å². The van der Waals surface area contributed by atoms with E-state index in [2.05, 4.69) is 34.9 Å². The molecule has 0 amide bonds. The van der Waals surface area contributed by atoms with Gasteiger partial charge in [-0.1, -0.05) is 31.9 Å². The molecule has 2 aromatic carbocycles. The van der Waals surface area contributed by atoms with Gasteiger partial charge in [0.25, 0.3) is 0 Å². The van der Waals surface area contributed by atoms with Crippen molar-refractivity contribution in [2.24, 2.45) is 0 Å². The zero-order chi connectivity index (χ0) is 19.1. The standard InChI is InChI=1S/C23H23FN4/c1-2-21-20-12-7-16(15-23(20)28(26-21)18-5-3-4-6-18)22-13-14-25-27(22)19-10-8-17(24)9-11-19/h7-15,18H,2-6H2,1H3. The van der Waals surface area contributed by atoms with Crippen LogP contribution in [0.2, 0.25) is 0 Å². The molecule has 0 atom stereocenters. The van der Waals surface area contributed by atoms with E-state index < -0.39 is 0 Å². The fourth-order valence-corrected chi connectivity index (χ4v) is 4.36. The van der Waals surface area contributed by atoms with Gasteiger partial charge < -0.3 is 0 Å². The molecule has 5 rings (SSSR count). The van der Waals surface area contributed by atoms with E-state index in [1.165, 1.54) is 54.4 Å². The fourth-order valence-electron chi connectivity index (χ4n) is 4.36. The van der Waals surface area contributed by atoms with Gasteiger partial charge >= 0.3 is 0 Å². The van der Waals surface area contributed by atoms with Gasteiger partial charge in [-0.15, -0.1) is 0 Å². The maximum Gasteiger partial charge on any atom is 0.123 e. The molecule has 1 aliphatic carbocycles. The molecule has 4 nitrogen and oxygen atoms in total. The van der Waals surface area contributed by atoms with Gasteiger partial charge in [0, 0.05) is 10.9 Å². The molecule has 2 aromatic heterocycles. The topological polar surface area (TPSA) is 35.6 Å². The molecule has 0 aliphatic heterocycles. The lowest BCUT2D eigenvalue weighted by Gasteiger charge is -2.12. The summed E-state index contributed by atoms with van der Waals surface area (Å²) in [6.07, 6.45) is 7.70. The van der Waals surface area contributed by atoms with Crippen molar-refractivity contribution < 1.29 is 4.39 Å². The first kappa shape index (κ1) is 17.2. The Labute approximate surface area is 163 Å². The highest BCUT2D eigenvalue weighted by Crippen LogP contribution is 2.35. The zero-order valence-corrected chi connectivity index (χ0v) is 16.0. The molecule has 0 N–H and O–H groups in total. The van der Waals surface area contributed by atoms with Crippen LogP contribution >= 0.6 is 0 Å². The van der Waals surface area contributed by atoms with Crippen molar-refractivity contribution in [2.75, 3.05) is 0 Å². The molecule has 1 aliphatic rings. The summed E-state index contributed by atoms with van der Waals surface area (Å²) in [5.74, 6) is -0.244. The van der Waals surface area contributed by atoms with Crippen molar-refractivity contribution in [3.63, 3.8) is 0 Å². The molecule has 4 aromatic rings. The Morgan fingerprint density at radius 3 is 2.57 bits per heavy atom. The third kappa shape index (κ3) is 2.82. The van der Waals surface area contributed by atoms with Crippen molar-refractivity contribution in [2.45, 2.75) is 45.1 Å². The molecule has 1 fully saturated rings. The number of halogens is 1. The SMILES string of the molecule is CCc1nn(C2CCCC2)c2cc(-c3ccnn3-c3ccc(F)cc3)ccc12. The maximum atomic E-state index is 13.3. The Balaban J connectivity index is 1.64. The average Bonchev–Trinajstić information content (AvgIpc) is 3.47. The highest BCUT2D eigenvalue weighted by Gasteiger charge is 2.22. The Morgan fingerprint density at radius 1 is 1.04 bits per heavy atom. The molecule has 0 bridgehead atoms. The molecule has 2 heterocycles. The molecule has 1 saturated carbocycles. The monoisotopic (exact) mass is 374 g/mol. The Hall–Kier alpha value is -2.95. The predicted molar refractivity (Wildman–Crippen MR) is 109 cm³/mol. The Morgan fingerprint density at radius 2 is 1.82 bits per heavy atom. The van der Waals surface area contributed by atoms with Crippen LogP contribution < -0.4 is 0 Å². The predicted octanol–water partition coefficient (Wildman–Crippen LogP) is 5.71. The van der Waals surface area contributed by atoms with E-state index >= 15 is 0 Å². The zero-order valence-electron chi connectivity index (χ0n) is 16.0. The molecule has 0 spiro atoms. The number of aromatic nitrogens is 4. The van der Waals surface area contributed by atoms with E-state index in [4.69, 9.17) is 5.10 Å². The van der Waals surface area contributed by atoms with Crippen LogP contribution in [0.15, 0.2) is 54.7 Å². The number of hydrogen-bond donors (Lipinski definition) is 0. The smallest absolute Gasteiger partial charge is 0.123 e. The lowest BCUT2D eigenvalue weighted by molar-refractivity contribution is 0.478. The summed E-state index contributed by atoms with van der Waals surface area (Å²) in [6, 6.07) is 15.5. The molecule has 142 valence electrons. The first-order chi connectivity index (χ1) is 13.7. The van der Waals surface area contributed by atoms with Crippen molar-refractivity contribution in [1.29, 1.82) is 0 Å². The Kier molecular flexibility index (Phi) is 4.23. The molecule has 0 saturated heterocycles. The minimum absolute atomic E-state index is 0.244. The van der Waals surface area contributed by atoms with Gasteiger partial charge in [0.05, 0.1) is 34.8 Å². The highest BCUT2D eigenvalue weighted by atomic mass is 19.1. The van der Waals surface area contributed by atoms with E-state index in [1.807, 2.05) is 10.7 Å². The van der Waals surface area contributed by atoms with E-state index in [1.54, 1.807) is 18.3 Å². The molecule has 0 unspecified atom stereocenters. The highest BCUT2D eigenvalue weighted by molar-refractivity contribution is 5.86. The number of aryl methyl sites for hydroxylation is 1. The van der Waals surface area contributed by atoms with Crippen molar-refractivity contribution in [3.8, 4) is 16.9 Å². The number of fused-ring (bicyclic) bond motifs is 1. The summed E-state index contributed by atoms with van der Waals surface area (Å²) < 4.78 is 17.4. The quantitative estimate of drug-likeness (QED) is 0.459. The summed E-state index contributed by atoms with van der Waals surface area (Å²) in [6.45, 7) is 2.16. The minimum Gasteiger partial charge on any atom is -0.262 e. The number of benzene rings is 2. The van der Waals surface area contributed by atoms with Gasteiger partial charge in [0.15, 0.2) is 0 Å².